The third-order valence-corrected chi connectivity index (χ3v) is 5.55. The summed E-state index contributed by atoms with van der Waals surface area (Å²) in [7, 11) is 4.38. The highest BCUT2D eigenvalue weighted by molar-refractivity contribution is 5.00. The summed E-state index contributed by atoms with van der Waals surface area (Å²) in [6.45, 7) is 6.99. The van der Waals surface area contributed by atoms with Crippen LogP contribution >= 0.6 is 0 Å². The molecule has 2 rings (SSSR count). The number of hydrogen-bond donors (Lipinski definition) is 1. The van der Waals surface area contributed by atoms with Crippen LogP contribution in [0.25, 0.3) is 0 Å². The minimum absolute atomic E-state index is 0.351. The molecule has 19 heavy (non-hydrogen) atoms. The highest BCUT2D eigenvalue weighted by Gasteiger charge is 2.42. The molecule has 112 valence electrons. The van der Waals surface area contributed by atoms with Gasteiger partial charge in [0.2, 0.25) is 0 Å². The number of rotatable bonds is 5. The molecular weight excluding hydrogens is 234 g/mol. The van der Waals surface area contributed by atoms with Gasteiger partial charge in [-0.15, -0.1) is 0 Å². The Labute approximate surface area is 119 Å². The van der Waals surface area contributed by atoms with Crippen molar-refractivity contribution in [1.82, 2.24) is 9.80 Å². The van der Waals surface area contributed by atoms with Gasteiger partial charge in [-0.05, 0) is 71.1 Å². The SMILES string of the molecule is CCC1CCC(CN)(N2CCC(CN(C)C)CC2)C1. The third-order valence-electron chi connectivity index (χ3n) is 5.55. The van der Waals surface area contributed by atoms with Crippen molar-refractivity contribution in [1.29, 1.82) is 0 Å². The van der Waals surface area contributed by atoms with Crippen molar-refractivity contribution >= 4 is 0 Å². The Morgan fingerprint density at radius 3 is 2.32 bits per heavy atom. The summed E-state index contributed by atoms with van der Waals surface area (Å²) in [4.78, 5) is 5.08. The number of likely N-dealkylation sites (tertiary alicyclic amines) is 1. The van der Waals surface area contributed by atoms with E-state index in [1.807, 2.05) is 0 Å². The number of piperidine rings is 1. The van der Waals surface area contributed by atoms with Gasteiger partial charge in [-0.1, -0.05) is 13.3 Å². The van der Waals surface area contributed by atoms with E-state index in [0.717, 1.165) is 18.4 Å². The van der Waals surface area contributed by atoms with E-state index in [2.05, 4.69) is 30.8 Å². The van der Waals surface area contributed by atoms with Gasteiger partial charge in [0.25, 0.3) is 0 Å². The molecule has 1 aliphatic heterocycles. The van der Waals surface area contributed by atoms with Gasteiger partial charge in [0.1, 0.15) is 0 Å². The Morgan fingerprint density at radius 1 is 1.16 bits per heavy atom. The molecule has 2 atom stereocenters. The lowest BCUT2D eigenvalue weighted by atomic mass is 9.87. The number of nitrogens with zero attached hydrogens (tertiary/aromatic N) is 2. The van der Waals surface area contributed by atoms with Crippen molar-refractivity contribution in [2.75, 3.05) is 40.3 Å². The standard InChI is InChI=1S/C16H33N3/c1-4-14-5-8-16(11-14,13-17)19-9-6-15(7-10-19)12-18(2)3/h14-15H,4-13,17H2,1-3H3. The highest BCUT2D eigenvalue weighted by atomic mass is 15.2. The third kappa shape index (κ3) is 3.50. The van der Waals surface area contributed by atoms with Gasteiger partial charge >= 0.3 is 0 Å². The Balaban J connectivity index is 1.89. The van der Waals surface area contributed by atoms with E-state index in [9.17, 15) is 0 Å². The van der Waals surface area contributed by atoms with Crippen LogP contribution in [0, 0.1) is 11.8 Å². The molecule has 0 radical (unpaired) electrons. The first-order valence-electron chi connectivity index (χ1n) is 8.19. The minimum atomic E-state index is 0.351. The lowest BCUT2D eigenvalue weighted by Gasteiger charge is -2.45. The van der Waals surface area contributed by atoms with E-state index in [0.29, 0.717) is 5.54 Å². The normalized spacial score (nSPS) is 34.3. The Morgan fingerprint density at radius 2 is 1.84 bits per heavy atom. The van der Waals surface area contributed by atoms with Crippen molar-refractivity contribution in [2.24, 2.45) is 17.6 Å². The summed E-state index contributed by atoms with van der Waals surface area (Å²) in [5.41, 5.74) is 6.53. The molecule has 0 aromatic carbocycles. The van der Waals surface area contributed by atoms with Crippen molar-refractivity contribution in [3.63, 3.8) is 0 Å². The van der Waals surface area contributed by atoms with E-state index in [1.54, 1.807) is 0 Å². The van der Waals surface area contributed by atoms with E-state index in [-0.39, 0.29) is 0 Å². The summed E-state index contributed by atoms with van der Waals surface area (Å²) < 4.78 is 0. The maximum atomic E-state index is 6.18. The number of hydrogen-bond acceptors (Lipinski definition) is 3. The molecule has 2 unspecified atom stereocenters. The molecule has 1 saturated carbocycles. The molecule has 2 N–H and O–H groups in total. The van der Waals surface area contributed by atoms with E-state index >= 15 is 0 Å². The van der Waals surface area contributed by atoms with E-state index in [4.69, 9.17) is 5.73 Å². The lowest BCUT2D eigenvalue weighted by Crippen LogP contribution is -2.55. The molecule has 3 nitrogen and oxygen atoms in total. The fraction of sp³-hybridized carbons (Fsp3) is 1.00. The lowest BCUT2D eigenvalue weighted by molar-refractivity contribution is 0.0508. The molecule has 0 spiro atoms. The molecule has 2 aliphatic rings. The maximum absolute atomic E-state index is 6.18. The molecule has 0 bridgehead atoms. The van der Waals surface area contributed by atoms with Gasteiger partial charge in [0.05, 0.1) is 0 Å². The van der Waals surface area contributed by atoms with Gasteiger partial charge in [-0.2, -0.15) is 0 Å². The van der Waals surface area contributed by atoms with Gasteiger partial charge in [-0.25, -0.2) is 0 Å². The highest BCUT2D eigenvalue weighted by Crippen LogP contribution is 2.41. The Hall–Kier alpha value is -0.120. The molecular formula is C16H33N3. The maximum Gasteiger partial charge on any atom is 0.0334 e. The van der Waals surface area contributed by atoms with Crippen molar-refractivity contribution in [2.45, 2.75) is 51.0 Å². The van der Waals surface area contributed by atoms with Crippen LogP contribution in [0.2, 0.25) is 0 Å². The zero-order valence-corrected chi connectivity index (χ0v) is 13.2. The second kappa shape index (κ2) is 6.55. The van der Waals surface area contributed by atoms with Crippen LogP contribution in [0.4, 0.5) is 0 Å². The fourth-order valence-electron chi connectivity index (χ4n) is 4.27. The van der Waals surface area contributed by atoms with Crippen LogP contribution in [0.1, 0.15) is 45.4 Å². The van der Waals surface area contributed by atoms with Crippen LogP contribution in [-0.2, 0) is 0 Å². The topological polar surface area (TPSA) is 32.5 Å². The molecule has 0 aromatic rings. The zero-order valence-electron chi connectivity index (χ0n) is 13.2. The summed E-state index contributed by atoms with van der Waals surface area (Å²) in [6, 6.07) is 0. The van der Waals surface area contributed by atoms with Crippen LogP contribution in [0.5, 0.6) is 0 Å². The van der Waals surface area contributed by atoms with E-state index in [1.165, 1.54) is 58.2 Å². The van der Waals surface area contributed by atoms with Crippen LogP contribution in [0.15, 0.2) is 0 Å². The summed E-state index contributed by atoms with van der Waals surface area (Å²) in [5, 5.41) is 0. The molecule has 1 saturated heterocycles. The first-order valence-corrected chi connectivity index (χ1v) is 8.19. The molecule has 3 heteroatoms. The number of nitrogens with two attached hydrogens (primary N) is 1. The Bertz CT molecular complexity index is 271. The molecule has 0 amide bonds. The second-order valence-corrected chi connectivity index (χ2v) is 7.14. The van der Waals surface area contributed by atoms with Crippen LogP contribution < -0.4 is 5.73 Å². The molecule has 1 heterocycles. The van der Waals surface area contributed by atoms with Crippen molar-refractivity contribution in [3.05, 3.63) is 0 Å². The second-order valence-electron chi connectivity index (χ2n) is 7.14. The van der Waals surface area contributed by atoms with Gasteiger partial charge in [0, 0.05) is 18.6 Å². The first kappa shape index (κ1) is 15.3. The predicted octanol–water partition coefficient (Wildman–Crippen LogP) is 2.17. The van der Waals surface area contributed by atoms with Crippen molar-refractivity contribution in [3.8, 4) is 0 Å². The molecule has 0 aromatic heterocycles. The van der Waals surface area contributed by atoms with Gasteiger partial charge < -0.3 is 10.6 Å². The summed E-state index contributed by atoms with van der Waals surface area (Å²) >= 11 is 0. The monoisotopic (exact) mass is 267 g/mol. The summed E-state index contributed by atoms with van der Waals surface area (Å²) in [5.74, 6) is 1.81. The molecule has 1 aliphatic carbocycles. The first-order chi connectivity index (χ1) is 9.09. The largest absolute Gasteiger partial charge is 0.329 e. The zero-order chi connectivity index (χ0) is 13.9. The quantitative estimate of drug-likeness (QED) is 0.828. The Kier molecular flexibility index (Phi) is 5.27. The average Bonchev–Trinajstić information content (AvgIpc) is 2.84. The van der Waals surface area contributed by atoms with E-state index < -0.39 is 0 Å². The minimum Gasteiger partial charge on any atom is -0.329 e. The molecule has 2 fully saturated rings. The summed E-state index contributed by atoms with van der Waals surface area (Å²) in [6.07, 6.45) is 8.12. The van der Waals surface area contributed by atoms with Crippen molar-refractivity contribution < 1.29 is 0 Å². The fourth-order valence-corrected chi connectivity index (χ4v) is 4.27. The van der Waals surface area contributed by atoms with Crippen LogP contribution in [0.3, 0.4) is 0 Å². The van der Waals surface area contributed by atoms with Gasteiger partial charge in [-0.3, -0.25) is 4.90 Å². The average molecular weight is 267 g/mol. The van der Waals surface area contributed by atoms with Crippen LogP contribution in [-0.4, -0.2) is 55.6 Å². The predicted molar refractivity (Wildman–Crippen MR) is 82.3 cm³/mol. The van der Waals surface area contributed by atoms with Gasteiger partial charge in [0.15, 0.2) is 0 Å². The smallest absolute Gasteiger partial charge is 0.0334 e.